The predicted molar refractivity (Wildman–Crippen MR) is 103 cm³/mol. The molecule has 162 valence electrons. The molecule has 0 heterocycles. The topological polar surface area (TPSA) is 32.3 Å². The van der Waals surface area contributed by atoms with Crippen LogP contribution in [0.1, 0.15) is 32.6 Å². The van der Waals surface area contributed by atoms with E-state index in [0.717, 1.165) is 6.08 Å². The zero-order chi connectivity index (χ0) is 22.5. The van der Waals surface area contributed by atoms with E-state index in [9.17, 15) is 31.1 Å². The first-order chi connectivity index (χ1) is 13.9. The van der Waals surface area contributed by atoms with Crippen LogP contribution < -0.4 is 5.32 Å². The number of amides is 1. The molecule has 0 atom stereocenters. The van der Waals surface area contributed by atoms with Gasteiger partial charge in [0.1, 0.15) is 0 Å². The third-order valence-corrected chi connectivity index (χ3v) is 4.10. The van der Waals surface area contributed by atoms with Crippen LogP contribution in [0.25, 0.3) is 12.2 Å². The highest BCUT2D eigenvalue weighted by Crippen LogP contribution is 2.36. The van der Waals surface area contributed by atoms with Gasteiger partial charge in [-0.1, -0.05) is 24.3 Å². The van der Waals surface area contributed by atoms with Gasteiger partial charge in [-0.25, -0.2) is 0 Å². The van der Waals surface area contributed by atoms with Crippen LogP contribution >= 0.6 is 0 Å². The first-order valence-electron chi connectivity index (χ1n) is 8.87. The van der Waals surface area contributed by atoms with Gasteiger partial charge in [-0.3, -0.25) is 4.79 Å². The summed E-state index contributed by atoms with van der Waals surface area (Å²) in [5, 5.41) is 2.74. The minimum absolute atomic E-state index is 0.0844. The molecule has 0 bridgehead atoms. The molecule has 30 heavy (non-hydrogen) atoms. The first kappa shape index (κ1) is 23.5. The van der Waals surface area contributed by atoms with E-state index in [0.29, 0.717) is 36.3 Å². The summed E-state index contributed by atoms with van der Waals surface area (Å²) in [4.78, 5) is 13.9. The Morgan fingerprint density at radius 2 is 1.37 bits per heavy atom. The Labute approximate surface area is 170 Å². The van der Waals surface area contributed by atoms with Crippen LogP contribution in [0.5, 0.6) is 0 Å². The number of halogens is 6. The summed E-state index contributed by atoms with van der Waals surface area (Å²) < 4.78 is 77.5. The molecule has 9 heteroatoms. The van der Waals surface area contributed by atoms with Crippen molar-refractivity contribution in [3.05, 3.63) is 70.3 Å². The summed E-state index contributed by atoms with van der Waals surface area (Å²) in [5.74, 6) is -0.278. The third-order valence-electron chi connectivity index (χ3n) is 4.10. The lowest BCUT2D eigenvalue weighted by molar-refractivity contribution is -0.143. The van der Waals surface area contributed by atoms with Crippen LogP contribution in [0.15, 0.2) is 42.5 Å². The van der Waals surface area contributed by atoms with Crippen molar-refractivity contribution in [3.63, 3.8) is 0 Å². The number of likely N-dealkylation sites (N-methyl/N-ethyl adjacent to an activating group) is 1. The van der Waals surface area contributed by atoms with Crippen LogP contribution in [-0.4, -0.2) is 38.0 Å². The van der Waals surface area contributed by atoms with Gasteiger partial charge in [0.25, 0.3) is 5.91 Å². The van der Waals surface area contributed by atoms with Crippen molar-refractivity contribution < 1.29 is 31.1 Å². The molecule has 0 spiro atoms. The Kier molecular flexibility index (Phi) is 7.30. The number of hydrogen-bond donors (Lipinski definition) is 1. The lowest BCUT2D eigenvalue weighted by Gasteiger charge is -2.13. The molecule has 1 amide bonds. The number of benzene rings is 2. The Balaban J connectivity index is 2.18. The molecular formula is C21H20F6N2O. The fraction of sp³-hybridized carbons (Fsp3) is 0.286. The van der Waals surface area contributed by atoms with E-state index in [-0.39, 0.29) is 17.5 Å². The lowest BCUT2D eigenvalue weighted by Crippen LogP contribution is -2.31. The molecule has 0 aliphatic carbocycles. The standard InChI is InChI=1S/C21H20F6N2O/c1-29(2)10-9-28-19(30)16-7-5-14(6-8-16)3-4-15-11-17(20(22,23)24)13-18(12-15)21(25,26)27/h3-8,11-13H,9-10H2,1-2H3,(H,28,30)/b4-3+. The fourth-order valence-corrected chi connectivity index (χ4v) is 2.51. The fourth-order valence-electron chi connectivity index (χ4n) is 2.51. The Hall–Kier alpha value is -2.81. The van der Waals surface area contributed by atoms with Crippen molar-refractivity contribution in [1.29, 1.82) is 0 Å². The molecule has 3 nitrogen and oxygen atoms in total. The van der Waals surface area contributed by atoms with Crippen LogP contribution in [-0.2, 0) is 12.4 Å². The molecule has 2 aromatic carbocycles. The summed E-state index contributed by atoms with van der Waals surface area (Å²) in [7, 11) is 3.74. The highest BCUT2D eigenvalue weighted by atomic mass is 19.4. The number of nitrogens with zero attached hydrogens (tertiary/aromatic N) is 1. The Morgan fingerprint density at radius 3 is 1.83 bits per heavy atom. The smallest absolute Gasteiger partial charge is 0.351 e. The Bertz CT molecular complexity index is 867. The summed E-state index contributed by atoms with van der Waals surface area (Å²) in [5.41, 5.74) is -2.07. The molecule has 0 unspecified atom stereocenters. The highest BCUT2D eigenvalue weighted by Gasteiger charge is 2.36. The second kappa shape index (κ2) is 9.34. The largest absolute Gasteiger partial charge is 0.416 e. The van der Waals surface area contributed by atoms with E-state index in [1.54, 1.807) is 12.1 Å². The second-order valence-electron chi connectivity index (χ2n) is 6.85. The molecule has 1 N–H and O–H groups in total. The maximum atomic E-state index is 12.9. The molecule has 0 saturated carbocycles. The predicted octanol–water partition coefficient (Wildman–Crippen LogP) is 5.19. The third kappa shape index (κ3) is 6.91. The maximum Gasteiger partial charge on any atom is 0.416 e. The van der Waals surface area contributed by atoms with E-state index in [4.69, 9.17) is 0 Å². The molecule has 0 radical (unpaired) electrons. The Morgan fingerprint density at radius 1 is 0.867 bits per heavy atom. The van der Waals surface area contributed by atoms with Crippen molar-refractivity contribution in [3.8, 4) is 0 Å². The van der Waals surface area contributed by atoms with E-state index in [1.165, 1.54) is 18.2 Å². The molecular weight excluding hydrogens is 410 g/mol. The average molecular weight is 430 g/mol. The molecule has 0 aliphatic heterocycles. The average Bonchev–Trinajstić information content (AvgIpc) is 2.65. The van der Waals surface area contributed by atoms with Crippen LogP contribution in [0, 0.1) is 0 Å². The van der Waals surface area contributed by atoms with Crippen molar-refractivity contribution in [1.82, 2.24) is 10.2 Å². The van der Waals surface area contributed by atoms with Crippen molar-refractivity contribution >= 4 is 18.1 Å². The van der Waals surface area contributed by atoms with E-state index >= 15 is 0 Å². The number of rotatable bonds is 6. The number of carbonyl (C=O) groups is 1. The summed E-state index contributed by atoms with van der Waals surface area (Å²) >= 11 is 0. The minimum atomic E-state index is -4.90. The van der Waals surface area contributed by atoms with Gasteiger partial charge in [0.05, 0.1) is 11.1 Å². The number of nitrogens with one attached hydrogen (secondary N) is 1. The molecule has 2 rings (SSSR count). The number of alkyl halides is 6. The second-order valence-corrected chi connectivity index (χ2v) is 6.85. The first-order valence-corrected chi connectivity index (χ1v) is 8.87. The zero-order valence-electron chi connectivity index (χ0n) is 16.2. The number of hydrogen-bond acceptors (Lipinski definition) is 2. The molecule has 0 saturated heterocycles. The summed E-state index contributed by atoms with van der Waals surface area (Å²) in [6.45, 7) is 1.13. The van der Waals surface area contributed by atoms with Crippen LogP contribution in [0.3, 0.4) is 0 Å². The van der Waals surface area contributed by atoms with Crippen molar-refractivity contribution in [2.24, 2.45) is 0 Å². The monoisotopic (exact) mass is 430 g/mol. The molecule has 0 aromatic heterocycles. The van der Waals surface area contributed by atoms with Crippen LogP contribution in [0.2, 0.25) is 0 Å². The molecule has 0 fully saturated rings. The van der Waals surface area contributed by atoms with Gasteiger partial charge in [-0.05, 0) is 55.6 Å². The van der Waals surface area contributed by atoms with Gasteiger partial charge in [0, 0.05) is 18.7 Å². The summed E-state index contributed by atoms with van der Waals surface area (Å²) in [6, 6.07) is 7.54. The van der Waals surface area contributed by atoms with Gasteiger partial charge < -0.3 is 10.2 Å². The zero-order valence-corrected chi connectivity index (χ0v) is 16.2. The number of carbonyl (C=O) groups excluding carboxylic acids is 1. The SMILES string of the molecule is CN(C)CCNC(=O)c1ccc(/C=C/c2cc(C(F)(F)F)cc(C(F)(F)F)c2)cc1. The van der Waals surface area contributed by atoms with E-state index < -0.39 is 23.5 Å². The summed E-state index contributed by atoms with van der Waals surface area (Å²) in [6.07, 6.45) is -7.25. The van der Waals surface area contributed by atoms with E-state index in [1.807, 2.05) is 19.0 Å². The van der Waals surface area contributed by atoms with Gasteiger partial charge in [-0.2, -0.15) is 26.3 Å². The quantitative estimate of drug-likeness (QED) is 0.506. The van der Waals surface area contributed by atoms with Crippen LogP contribution in [0.4, 0.5) is 26.3 Å². The van der Waals surface area contributed by atoms with Gasteiger partial charge in [0.2, 0.25) is 0 Å². The minimum Gasteiger partial charge on any atom is -0.351 e. The van der Waals surface area contributed by atoms with Gasteiger partial charge in [0.15, 0.2) is 0 Å². The van der Waals surface area contributed by atoms with Crippen molar-refractivity contribution in [2.45, 2.75) is 12.4 Å². The van der Waals surface area contributed by atoms with E-state index in [2.05, 4.69) is 5.32 Å². The van der Waals surface area contributed by atoms with Crippen molar-refractivity contribution in [2.75, 3.05) is 27.2 Å². The maximum absolute atomic E-state index is 12.9. The van der Waals surface area contributed by atoms with Gasteiger partial charge >= 0.3 is 12.4 Å². The molecule has 0 aliphatic rings. The normalized spacial score (nSPS) is 12.6. The highest BCUT2D eigenvalue weighted by molar-refractivity contribution is 5.94. The lowest BCUT2D eigenvalue weighted by atomic mass is 10.0. The van der Waals surface area contributed by atoms with Gasteiger partial charge in [-0.15, -0.1) is 0 Å². The molecule has 2 aromatic rings.